The van der Waals surface area contributed by atoms with Crippen molar-refractivity contribution in [2.75, 3.05) is 12.4 Å². The second-order valence-electron chi connectivity index (χ2n) is 6.56. The Kier molecular flexibility index (Phi) is 3.92. The van der Waals surface area contributed by atoms with Gasteiger partial charge in [0.1, 0.15) is 23.1 Å². The number of hydrogen-bond donors (Lipinski definition) is 2. The van der Waals surface area contributed by atoms with Crippen LogP contribution >= 0.6 is 0 Å². The number of aryl methyl sites for hydroxylation is 1. The van der Waals surface area contributed by atoms with Crippen LogP contribution in [0.2, 0.25) is 0 Å². The van der Waals surface area contributed by atoms with Gasteiger partial charge in [0.2, 0.25) is 0 Å². The minimum Gasteiger partial charge on any atom is -0.340 e. The summed E-state index contributed by atoms with van der Waals surface area (Å²) in [4.78, 5) is 4.67. The van der Waals surface area contributed by atoms with Crippen LogP contribution in [0, 0.1) is 11.6 Å². The van der Waals surface area contributed by atoms with Crippen LogP contribution < -0.4 is 10.6 Å². The lowest BCUT2D eigenvalue weighted by Gasteiger charge is -2.22. The van der Waals surface area contributed by atoms with Crippen LogP contribution in [0.4, 0.5) is 20.3 Å². The van der Waals surface area contributed by atoms with E-state index in [0.29, 0.717) is 17.5 Å². The molecule has 2 N–H and O–H groups in total. The lowest BCUT2D eigenvalue weighted by molar-refractivity contribution is 0.488. The van der Waals surface area contributed by atoms with E-state index < -0.39 is 11.6 Å². The first-order valence-electron chi connectivity index (χ1n) is 8.42. The first kappa shape index (κ1) is 16.0. The summed E-state index contributed by atoms with van der Waals surface area (Å²) in [6.45, 7) is 0. The van der Waals surface area contributed by atoms with E-state index in [0.717, 1.165) is 36.4 Å². The van der Waals surface area contributed by atoms with E-state index in [1.54, 1.807) is 0 Å². The van der Waals surface area contributed by atoms with Gasteiger partial charge in [-0.3, -0.25) is 0 Å². The number of halogens is 2. The summed E-state index contributed by atoms with van der Waals surface area (Å²) < 4.78 is 28.9. The maximum absolute atomic E-state index is 13.4. The Hall–Kier alpha value is -2.47. The van der Waals surface area contributed by atoms with Crippen LogP contribution in [-0.2, 0) is 19.9 Å². The van der Waals surface area contributed by atoms with E-state index in [-0.39, 0.29) is 0 Å². The average Bonchev–Trinajstić information content (AvgIpc) is 2.86. The molecule has 25 heavy (non-hydrogen) atoms. The van der Waals surface area contributed by atoms with E-state index in [2.05, 4.69) is 20.2 Å². The zero-order valence-electron chi connectivity index (χ0n) is 14.2. The Morgan fingerprint density at radius 2 is 1.92 bits per heavy atom. The second kappa shape index (κ2) is 6.11. The third-order valence-corrected chi connectivity index (χ3v) is 4.99. The quantitative estimate of drug-likeness (QED) is 0.763. The molecule has 4 rings (SSSR count). The topological polar surface area (TPSA) is 41.9 Å². The van der Waals surface area contributed by atoms with Crippen molar-refractivity contribution in [3.05, 3.63) is 53.2 Å². The fourth-order valence-electron chi connectivity index (χ4n) is 3.72. The average molecular weight is 342 g/mol. The van der Waals surface area contributed by atoms with E-state index in [1.165, 1.54) is 23.4 Å². The summed E-state index contributed by atoms with van der Waals surface area (Å²) in [5.41, 5.74) is 3.91. The molecule has 0 bridgehead atoms. The molecule has 130 valence electrons. The lowest BCUT2D eigenvalue weighted by Crippen LogP contribution is -2.31. The first-order chi connectivity index (χ1) is 12.0. The summed E-state index contributed by atoms with van der Waals surface area (Å²) in [7, 11) is 4.03. The van der Waals surface area contributed by atoms with Crippen LogP contribution in [0.1, 0.15) is 17.7 Å². The predicted molar refractivity (Wildman–Crippen MR) is 95.2 cm³/mol. The lowest BCUT2D eigenvalue weighted by atomic mass is 9.92. The first-order valence-corrected chi connectivity index (χ1v) is 8.42. The minimum absolute atomic E-state index is 0.346. The Morgan fingerprint density at radius 3 is 2.64 bits per heavy atom. The highest BCUT2D eigenvalue weighted by Crippen LogP contribution is 2.32. The number of aromatic nitrogens is 2. The monoisotopic (exact) mass is 342 g/mol. The zero-order chi connectivity index (χ0) is 17.6. The molecule has 2 aromatic heterocycles. The highest BCUT2D eigenvalue weighted by atomic mass is 19.1. The summed E-state index contributed by atoms with van der Waals surface area (Å²) >= 11 is 0. The van der Waals surface area contributed by atoms with Crippen LogP contribution in [0.25, 0.3) is 11.0 Å². The van der Waals surface area contributed by atoms with Crippen molar-refractivity contribution in [2.45, 2.75) is 25.3 Å². The van der Waals surface area contributed by atoms with Gasteiger partial charge in [-0.2, -0.15) is 0 Å². The van der Waals surface area contributed by atoms with Crippen LogP contribution in [0.3, 0.4) is 0 Å². The van der Waals surface area contributed by atoms with Gasteiger partial charge < -0.3 is 15.2 Å². The summed E-state index contributed by atoms with van der Waals surface area (Å²) in [5.74, 6) is -0.660. The number of fused-ring (bicyclic) bond motifs is 3. The number of nitrogens with zero attached hydrogens (tertiary/aromatic N) is 2. The van der Waals surface area contributed by atoms with E-state index in [4.69, 9.17) is 0 Å². The van der Waals surface area contributed by atoms with E-state index in [9.17, 15) is 8.78 Å². The molecule has 6 heteroatoms. The van der Waals surface area contributed by atoms with Gasteiger partial charge in [0.05, 0.1) is 0 Å². The summed E-state index contributed by atoms with van der Waals surface area (Å²) in [6.07, 6.45) is 3.12. The maximum Gasteiger partial charge on any atom is 0.142 e. The standard InChI is InChI=1S/C19H20F2N4/c1-22-13-3-5-17-16(10-13)15-4-6-18(24-19(15)25(17)2)23-14-8-11(20)7-12(21)9-14/h4,6-9,13,22H,3,5,10H2,1-2H3,(H,23,24). The molecule has 0 amide bonds. The molecule has 0 saturated heterocycles. The molecule has 0 spiro atoms. The van der Waals surface area contributed by atoms with Gasteiger partial charge in [0, 0.05) is 35.9 Å². The highest BCUT2D eigenvalue weighted by Gasteiger charge is 2.24. The number of benzene rings is 1. The van der Waals surface area contributed by atoms with Gasteiger partial charge in [0.25, 0.3) is 0 Å². The fraction of sp³-hybridized carbons (Fsp3) is 0.316. The van der Waals surface area contributed by atoms with Crippen LogP contribution in [0.15, 0.2) is 30.3 Å². The Balaban J connectivity index is 1.72. The smallest absolute Gasteiger partial charge is 0.142 e. The summed E-state index contributed by atoms with van der Waals surface area (Å²) in [5, 5.41) is 7.50. The van der Waals surface area contributed by atoms with Crippen molar-refractivity contribution in [3.8, 4) is 0 Å². The molecule has 1 atom stereocenters. The maximum atomic E-state index is 13.4. The minimum atomic E-state index is -0.615. The summed E-state index contributed by atoms with van der Waals surface area (Å²) in [6, 6.07) is 7.74. The van der Waals surface area contributed by atoms with Crippen molar-refractivity contribution in [1.82, 2.24) is 14.9 Å². The van der Waals surface area contributed by atoms with Gasteiger partial charge in [-0.25, -0.2) is 13.8 Å². The number of nitrogens with one attached hydrogen (secondary N) is 2. The third-order valence-electron chi connectivity index (χ3n) is 4.99. The molecule has 1 aliphatic rings. The molecule has 4 nitrogen and oxygen atoms in total. The van der Waals surface area contributed by atoms with Gasteiger partial charge in [-0.1, -0.05) is 0 Å². The number of likely N-dealkylation sites (N-methyl/N-ethyl adjacent to an activating group) is 1. The van der Waals surface area contributed by atoms with Crippen LogP contribution in [0.5, 0.6) is 0 Å². The van der Waals surface area contributed by atoms with Crippen LogP contribution in [-0.4, -0.2) is 22.6 Å². The Morgan fingerprint density at radius 1 is 1.16 bits per heavy atom. The molecule has 0 radical (unpaired) electrons. The third kappa shape index (κ3) is 2.87. The van der Waals surface area contributed by atoms with Crippen molar-refractivity contribution in [3.63, 3.8) is 0 Å². The predicted octanol–water partition coefficient (Wildman–Crippen LogP) is 3.67. The number of hydrogen-bond acceptors (Lipinski definition) is 3. The molecule has 3 aromatic rings. The highest BCUT2D eigenvalue weighted by molar-refractivity contribution is 5.84. The van der Waals surface area contributed by atoms with Gasteiger partial charge in [-0.05, 0) is 56.1 Å². The normalized spacial score (nSPS) is 16.9. The molecular weight excluding hydrogens is 322 g/mol. The SMILES string of the molecule is CNC1CCc2c(c3ccc(Nc4cc(F)cc(F)c4)nc3n2C)C1. The Bertz CT molecular complexity index is 928. The largest absolute Gasteiger partial charge is 0.340 e. The molecule has 2 heterocycles. The number of rotatable bonds is 3. The van der Waals surface area contributed by atoms with Gasteiger partial charge >= 0.3 is 0 Å². The molecule has 0 aliphatic heterocycles. The molecule has 0 saturated carbocycles. The van der Waals surface area contributed by atoms with E-state index >= 15 is 0 Å². The second-order valence-corrected chi connectivity index (χ2v) is 6.56. The van der Waals surface area contributed by atoms with Gasteiger partial charge in [0.15, 0.2) is 0 Å². The van der Waals surface area contributed by atoms with Crippen molar-refractivity contribution in [1.29, 1.82) is 0 Å². The van der Waals surface area contributed by atoms with Crippen molar-refractivity contribution >= 4 is 22.5 Å². The van der Waals surface area contributed by atoms with E-state index in [1.807, 2.05) is 26.2 Å². The van der Waals surface area contributed by atoms with Gasteiger partial charge in [-0.15, -0.1) is 0 Å². The molecule has 0 fully saturated rings. The van der Waals surface area contributed by atoms with Crippen molar-refractivity contribution < 1.29 is 8.78 Å². The molecule has 1 unspecified atom stereocenters. The zero-order valence-corrected chi connectivity index (χ0v) is 14.2. The molecular formula is C19H20F2N4. The number of pyridine rings is 1. The fourth-order valence-corrected chi connectivity index (χ4v) is 3.72. The van der Waals surface area contributed by atoms with Crippen molar-refractivity contribution in [2.24, 2.45) is 7.05 Å². The molecule has 1 aliphatic carbocycles. The molecule has 1 aromatic carbocycles. The Labute approximate surface area is 144 Å². The number of anilines is 2.